The second-order valence-electron chi connectivity index (χ2n) is 8.05. The van der Waals surface area contributed by atoms with Crippen molar-refractivity contribution in [3.8, 4) is 11.1 Å². The molecule has 0 spiro atoms. The first-order valence-corrected chi connectivity index (χ1v) is 10.4. The predicted molar refractivity (Wildman–Crippen MR) is 113 cm³/mol. The summed E-state index contributed by atoms with van der Waals surface area (Å²) < 4.78 is 5.40. The Morgan fingerprint density at radius 2 is 1.81 bits per heavy atom. The molecule has 0 aromatic heterocycles. The predicted octanol–water partition coefficient (Wildman–Crippen LogP) is 1.40. The molecule has 2 aliphatic heterocycles. The van der Waals surface area contributed by atoms with Crippen LogP contribution in [0.1, 0.15) is 28.4 Å². The highest BCUT2D eigenvalue weighted by Crippen LogP contribution is 2.30. The summed E-state index contributed by atoms with van der Waals surface area (Å²) in [7, 11) is 0. The third kappa shape index (κ3) is 4.47. The van der Waals surface area contributed by atoms with Crippen molar-refractivity contribution in [3.63, 3.8) is 0 Å². The van der Waals surface area contributed by atoms with Crippen LogP contribution in [0.15, 0.2) is 42.5 Å². The van der Waals surface area contributed by atoms with E-state index in [-0.39, 0.29) is 12.5 Å². The van der Waals surface area contributed by atoms with E-state index in [1.54, 1.807) is 6.07 Å². The summed E-state index contributed by atoms with van der Waals surface area (Å²) in [5, 5.41) is 18.9. The molecular weight excluding hydrogens is 398 g/mol. The van der Waals surface area contributed by atoms with Gasteiger partial charge in [-0.25, -0.2) is 5.48 Å². The van der Waals surface area contributed by atoms with Gasteiger partial charge < -0.3 is 14.7 Å². The number of aliphatic hydroxyl groups excluding tert-OH is 1. The molecule has 0 radical (unpaired) electrons. The van der Waals surface area contributed by atoms with Crippen LogP contribution in [0.4, 0.5) is 0 Å². The van der Waals surface area contributed by atoms with Gasteiger partial charge in [-0.1, -0.05) is 30.3 Å². The zero-order valence-electron chi connectivity index (χ0n) is 17.5. The highest BCUT2D eigenvalue weighted by molar-refractivity contribution is 6.01. The van der Waals surface area contributed by atoms with Gasteiger partial charge in [0.25, 0.3) is 11.8 Å². The summed E-state index contributed by atoms with van der Waals surface area (Å²) in [6, 6.07) is 12.8. The van der Waals surface area contributed by atoms with Gasteiger partial charge in [-0.05, 0) is 41.3 Å². The lowest BCUT2D eigenvalue weighted by Crippen LogP contribution is -2.52. The molecule has 2 unspecified atom stereocenters. The largest absolute Gasteiger partial charge is 0.391 e. The number of aliphatic hydroxyl groups is 1. The third-order valence-electron chi connectivity index (χ3n) is 5.91. The van der Waals surface area contributed by atoms with Gasteiger partial charge in [0.2, 0.25) is 0 Å². The fraction of sp³-hybridized carbons (Fsp3) is 0.391. The number of fused-ring (bicyclic) bond motifs is 1. The Labute approximate surface area is 181 Å². The molecule has 8 heteroatoms. The number of nitrogens with one attached hydrogen (secondary N) is 1. The van der Waals surface area contributed by atoms with E-state index in [9.17, 15) is 14.7 Å². The van der Waals surface area contributed by atoms with Crippen molar-refractivity contribution in [3.05, 3.63) is 59.2 Å². The number of carbonyl (C=O) groups excluding carboxylic acids is 2. The lowest BCUT2D eigenvalue weighted by atomic mass is 9.99. The summed E-state index contributed by atoms with van der Waals surface area (Å²) in [5.41, 5.74) is 6.09. The fourth-order valence-electron chi connectivity index (χ4n) is 4.25. The van der Waals surface area contributed by atoms with Crippen molar-refractivity contribution in [2.45, 2.75) is 32.2 Å². The summed E-state index contributed by atoms with van der Waals surface area (Å²) in [6.45, 7) is 5.94. The number of hydrogen-bond acceptors (Lipinski definition) is 6. The minimum Gasteiger partial charge on any atom is -0.391 e. The van der Waals surface area contributed by atoms with Crippen LogP contribution in [-0.4, -0.2) is 70.4 Å². The zero-order chi connectivity index (χ0) is 22.0. The van der Waals surface area contributed by atoms with Gasteiger partial charge >= 0.3 is 0 Å². The number of hydroxylamine groups is 1. The number of nitrogens with zero attached hydrogens (tertiary/aromatic N) is 2. The number of hydrogen-bond donors (Lipinski definition) is 3. The van der Waals surface area contributed by atoms with E-state index in [1.165, 1.54) is 22.9 Å². The fourth-order valence-corrected chi connectivity index (χ4v) is 4.25. The van der Waals surface area contributed by atoms with Crippen LogP contribution in [0.3, 0.4) is 0 Å². The van der Waals surface area contributed by atoms with Crippen molar-refractivity contribution in [2.24, 2.45) is 0 Å². The summed E-state index contributed by atoms with van der Waals surface area (Å²) >= 11 is 0. The highest BCUT2D eigenvalue weighted by Gasteiger charge is 2.39. The lowest BCUT2D eigenvalue weighted by Gasteiger charge is -2.27. The van der Waals surface area contributed by atoms with Gasteiger partial charge in [0.1, 0.15) is 6.04 Å². The molecule has 2 atom stereocenters. The van der Waals surface area contributed by atoms with Crippen molar-refractivity contribution in [1.29, 1.82) is 0 Å². The molecule has 1 saturated heterocycles. The van der Waals surface area contributed by atoms with Crippen LogP contribution in [0.5, 0.6) is 0 Å². The molecule has 0 bridgehead atoms. The second-order valence-corrected chi connectivity index (χ2v) is 8.05. The Kier molecular flexibility index (Phi) is 6.33. The standard InChI is InChI=1S/C23H27N3O5/c1-15(27)21(22(28)24-30)26-14-19-12-18(6-7-20(19)23(26)29)17-4-2-16(3-5-17)13-25-8-10-31-11-9-25/h2-7,12,15,21,27,30H,8-11,13-14H2,1H3,(H,24,28). The summed E-state index contributed by atoms with van der Waals surface area (Å²) in [6.07, 6.45) is -1.12. The normalized spacial score (nSPS) is 18.5. The minimum absolute atomic E-state index is 0.195. The lowest BCUT2D eigenvalue weighted by molar-refractivity contribution is -0.137. The topological polar surface area (TPSA) is 102 Å². The van der Waals surface area contributed by atoms with E-state index < -0.39 is 18.1 Å². The number of carbonyl (C=O) groups is 2. The van der Waals surface area contributed by atoms with Crippen LogP contribution in [-0.2, 0) is 22.6 Å². The SMILES string of the molecule is CC(O)C(C(=O)NO)N1Cc2cc(-c3ccc(CN4CCOCC4)cc3)ccc2C1=O. The smallest absolute Gasteiger partial charge is 0.268 e. The number of rotatable bonds is 6. The first-order valence-electron chi connectivity index (χ1n) is 10.4. The van der Waals surface area contributed by atoms with Crippen LogP contribution in [0.25, 0.3) is 11.1 Å². The molecule has 2 amide bonds. The molecular formula is C23H27N3O5. The quantitative estimate of drug-likeness (QED) is 0.478. The zero-order valence-corrected chi connectivity index (χ0v) is 17.5. The maximum Gasteiger partial charge on any atom is 0.268 e. The monoisotopic (exact) mass is 425 g/mol. The Morgan fingerprint density at radius 3 is 2.45 bits per heavy atom. The molecule has 2 aromatic rings. The second kappa shape index (κ2) is 9.15. The van der Waals surface area contributed by atoms with Crippen molar-refractivity contribution in [2.75, 3.05) is 26.3 Å². The van der Waals surface area contributed by atoms with Gasteiger partial charge in [0.05, 0.1) is 19.3 Å². The van der Waals surface area contributed by atoms with E-state index in [1.807, 2.05) is 12.1 Å². The molecule has 8 nitrogen and oxygen atoms in total. The highest BCUT2D eigenvalue weighted by atomic mass is 16.5. The number of ether oxygens (including phenoxy) is 1. The Morgan fingerprint density at radius 1 is 1.13 bits per heavy atom. The van der Waals surface area contributed by atoms with E-state index in [0.29, 0.717) is 5.56 Å². The van der Waals surface area contributed by atoms with Crippen molar-refractivity contribution < 1.29 is 24.6 Å². The first kappa shape index (κ1) is 21.5. The molecule has 2 heterocycles. The molecule has 2 aromatic carbocycles. The van der Waals surface area contributed by atoms with Crippen LogP contribution in [0, 0.1) is 0 Å². The van der Waals surface area contributed by atoms with Crippen LogP contribution < -0.4 is 5.48 Å². The summed E-state index contributed by atoms with van der Waals surface area (Å²) in [5.74, 6) is -1.15. The third-order valence-corrected chi connectivity index (χ3v) is 5.91. The average molecular weight is 425 g/mol. The van der Waals surface area contributed by atoms with Gasteiger partial charge in [-0.2, -0.15) is 0 Å². The number of morpholine rings is 1. The molecule has 164 valence electrons. The maximum absolute atomic E-state index is 12.8. The van der Waals surface area contributed by atoms with Crippen molar-refractivity contribution in [1.82, 2.24) is 15.3 Å². The van der Waals surface area contributed by atoms with Gasteiger partial charge in [0.15, 0.2) is 0 Å². The molecule has 0 aliphatic carbocycles. The number of benzene rings is 2. The van der Waals surface area contributed by atoms with Gasteiger partial charge in [-0.3, -0.25) is 19.7 Å². The molecule has 2 aliphatic rings. The average Bonchev–Trinajstić information content (AvgIpc) is 3.10. The molecule has 3 N–H and O–H groups in total. The van der Waals surface area contributed by atoms with Crippen LogP contribution >= 0.6 is 0 Å². The van der Waals surface area contributed by atoms with Crippen LogP contribution in [0.2, 0.25) is 0 Å². The van der Waals surface area contributed by atoms with E-state index in [4.69, 9.17) is 9.94 Å². The molecule has 4 rings (SSSR count). The Bertz CT molecular complexity index is 954. The van der Waals surface area contributed by atoms with Gasteiger partial charge in [0, 0.05) is 31.7 Å². The number of amides is 2. The minimum atomic E-state index is -1.16. The van der Waals surface area contributed by atoms with Gasteiger partial charge in [-0.15, -0.1) is 0 Å². The summed E-state index contributed by atoms with van der Waals surface area (Å²) in [4.78, 5) is 28.4. The van der Waals surface area contributed by atoms with E-state index >= 15 is 0 Å². The molecule has 31 heavy (non-hydrogen) atoms. The molecule has 0 saturated carbocycles. The molecule has 1 fully saturated rings. The van der Waals surface area contributed by atoms with E-state index in [2.05, 4.69) is 29.2 Å². The maximum atomic E-state index is 12.8. The first-order chi connectivity index (χ1) is 15.0. The Balaban J connectivity index is 1.51. The van der Waals surface area contributed by atoms with E-state index in [0.717, 1.165) is 49.5 Å². The Hall–Kier alpha value is -2.78. The van der Waals surface area contributed by atoms with Crippen molar-refractivity contribution >= 4 is 11.8 Å².